The molecule has 0 aliphatic rings. The van der Waals surface area contributed by atoms with Crippen molar-refractivity contribution in [1.29, 1.82) is 0 Å². The van der Waals surface area contributed by atoms with Gasteiger partial charge in [-0.05, 0) is 33.6 Å². The van der Waals surface area contributed by atoms with Gasteiger partial charge < -0.3 is 14.8 Å². The van der Waals surface area contributed by atoms with Crippen LogP contribution < -0.4 is 5.32 Å². The second kappa shape index (κ2) is 7.95. The number of Topliss-reactive ketones (excluding diaryl/α,β-unsaturated/α-hetero) is 1. The summed E-state index contributed by atoms with van der Waals surface area (Å²) in [7, 11) is 0. The molecule has 0 saturated heterocycles. The fourth-order valence-electron chi connectivity index (χ4n) is 2.14. The molecule has 2 atom stereocenters. The molecule has 0 aromatic rings. The monoisotopic (exact) mass is 302 g/mol. The molecule has 0 aromatic heterocycles. The number of hydrogen-bond acceptors (Lipinski definition) is 5. The SMILES string of the molecule is CC(=O)CC(C[N+](=O)[O-])[C@@H](NC(=O)OC(C)(C)C)C(C)C. The van der Waals surface area contributed by atoms with Crippen molar-refractivity contribution in [2.45, 2.75) is 59.6 Å². The molecule has 0 aliphatic carbocycles. The van der Waals surface area contributed by atoms with Crippen molar-refractivity contribution in [2.75, 3.05) is 6.54 Å². The maximum atomic E-state index is 11.9. The van der Waals surface area contributed by atoms with E-state index in [9.17, 15) is 19.7 Å². The van der Waals surface area contributed by atoms with Gasteiger partial charge in [0.2, 0.25) is 6.54 Å². The molecule has 0 saturated carbocycles. The topological polar surface area (TPSA) is 98.5 Å². The van der Waals surface area contributed by atoms with Gasteiger partial charge in [-0.25, -0.2) is 4.79 Å². The Morgan fingerprint density at radius 3 is 2.14 bits per heavy atom. The Labute approximate surface area is 125 Å². The highest BCUT2D eigenvalue weighted by Gasteiger charge is 2.32. The molecule has 0 rings (SSSR count). The average Bonchev–Trinajstić information content (AvgIpc) is 2.20. The van der Waals surface area contributed by atoms with Gasteiger partial charge >= 0.3 is 6.09 Å². The Balaban J connectivity index is 5.00. The molecule has 1 amide bonds. The first-order valence-electron chi connectivity index (χ1n) is 7.03. The third-order valence-corrected chi connectivity index (χ3v) is 2.84. The molecule has 0 fully saturated rings. The van der Waals surface area contributed by atoms with Crippen LogP contribution >= 0.6 is 0 Å². The zero-order valence-corrected chi connectivity index (χ0v) is 13.6. The van der Waals surface area contributed by atoms with E-state index in [-0.39, 0.29) is 24.7 Å². The Bertz CT molecular complexity index is 371. The van der Waals surface area contributed by atoms with Gasteiger partial charge in [-0.2, -0.15) is 0 Å². The number of carbonyl (C=O) groups excluding carboxylic acids is 2. The smallest absolute Gasteiger partial charge is 0.407 e. The zero-order valence-electron chi connectivity index (χ0n) is 13.6. The lowest BCUT2D eigenvalue weighted by atomic mass is 9.87. The summed E-state index contributed by atoms with van der Waals surface area (Å²) in [4.78, 5) is 33.5. The third kappa shape index (κ3) is 8.99. The predicted molar refractivity (Wildman–Crippen MR) is 78.6 cm³/mol. The van der Waals surface area contributed by atoms with Crippen LogP contribution in [0, 0.1) is 22.0 Å². The van der Waals surface area contributed by atoms with Gasteiger partial charge in [0.05, 0.1) is 5.92 Å². The second-order valence-electron chi connectivity index (χ2n) is 6.60. The largest absolute Gasteiger partial charge is 0.444 e. The minimum absolute atomic E-state index is 0.0539. The maximum absolute atomic E-state index is 11.9. The molecular weight excluding hydrogens is 276 g/mol. The lowest BCUT2D eigenvalue weighted by molar-refractivity contribution is -0.489. The molecular formula is C14H26N2O5. The van der Waals surface area contributed by atoms with Crippen molar-refractivity contribution >= 4 is 11.9 Å². The van der Waals surface area contributed by atoms with E-state index >= 15 is 0 Å². The normalized spacial score (nSPS) is 14.4. The van der Waals surface area contributed by atoms with E-state index in [2.05, 4.69) is 5.32 Å². The van der Waals surface area contributed by atoms with E-state index in [4.69, 9.17) is 4.74 Å². The number of ketones is 1. The molecule has 0 aromatic carbocycles. The number of nitro groups is 1. The van der Waals surface area contributed by atoms with E-state index in [1.54, 1.807) is 20.8 Å². The molecule has 0 aliphatic heterocycles. The minimum Gasteiger partial charge on any atom is -0.444 e. The van der Waals surface area contributed by atoms with Crippen molar-refractivity contribution in [3.8, 4) is 0 Å². The average molecular weight is 302 g/mol. The van der Waals surface area contributed by atoms with Gasteiger partial charge in [-0.1, -0.05) is 13.8 Å². The Morgan fingerprint density at radius 2 is 1.81 bits per heavy atom. The number of nitrogens with zero attached hydrogens (tertiary/aromatic N) is 1. The van der Waals surface area contributed by atoms with Gasteiger partial charge in [-0.3, -0.25) is 10.1 Å². The lowest BCUT2D eigenvalue weighted by Gasteiger charge is -2.29. The highest BCUT2D eigenvalue weighted by molar-refractivity contribution is 5.76. The van der Waals surface area contributed by atoms with E-state index in [0.29, 0.717) is 0 Å². The summed E-state index contributed by atoms with van der Waals surface area (Å²) < 4.78 is 5.17. The van der Waals surface area contributed by atoms with Crippen LogP contribution in [0.5, 0.6) is 0 Å². The van der Waals surface area contributed by atoms with Crippen LogP contribution in [0.2, 0.25) is 0 Å². The number of nitrogens with one attached hydrogen (secondary N) is 1. The van der Waals surface area contributed by atoms with Crippen LogP contribution in [-0.4, -0.2) is 35.0 Å². The second-order valence-corrected chi connectivity index (χ2v) is 6.60. The van der Waals surface area contributed by atoms with Gasteiger partial charge in [0, 0.05) is 17.4 Å². The van der Waals surface area contributed by atoms with E-state index < -0.39 is 28.6 Å². The predicted octanol–water partition coefficient (Wildman–Crippen LogP) is 2.41. The molecule has 1 unspecified atom stereocenters. The van der Waals surface area contributed by atoms with E-state index in [1.807, 2.05) is 13.8 Å². The molecule has 122 valence electrons. The van der Waals surface area contributed by atoms with Gasteiger partial charge in [-0.15, -0.1) is 0 Å². The standard InChI is InChI=1S/C14H26N2O5/c1-9(2)12(15-13(18)21-14(4,5)6)11(7-10(3)17)8-16(19)20/h9,11-12H,7-8H2,1-6H3,(H,15,18)/t11?,12-/m0/s1. The van der Waals surface area contributed by atoms with Crippen molar-refractivity contribution in [3.05, 3.63) is 10.1 Å². The molecule has 7 nitrogen and oxygen atoms in total. The van der Waals surface area contributed by atoms with Crippen LogP contribution in [0.4, 0.5) is 4.79 Å². The van der Waals surface area contributed by atoms with E-state index in [1.165, 1.54) is 6.92 Å². The number of rotatable bonds is 7. The summed E-state index contributed by atoms with van der Waals surface area (Å²) in [5.74, 6) is -0.745. The van der Waals surface area contributed by atoms with Crippen LogP contribution in [0.3, 0.4) is 0 Å². The maximum Gasteiger partial charge on any atom is 0.407 e. The summed E-state index contributed by atoms with van der Waals surface area (Å²) in [6.45, 7) is 9.92. The minimum atomic E-state index is -0.648. The highest BCUT2D eigenvalue weighted by atomic mass is 16.6. The first-order valence-corrected chi connectivity index (χ1v) is 7.03. The number of ether oxygens (including phenoxy) is 1. The summed E-state index contributed by atoms with van der Waals surface area (Å²) in [5, 5.41) is 13.4. The van der Waals surface area contributed by atoms with Crippen LogP contribution in [-0.2, 0) is 9.53 Å². The summed E-state index contributed by atoms with van der Waals surface area (Å²) in [6, 6.07) is -0.492. The molecule has 1 N–H and O–H groups in total. The fourth-order valence-corrected chi connectivity index (χ4v) is 2.14. The highest BCUT2D eigenvalue weighted by Crippen LogP contribution is 2.19. The van der Waals surface area contributed by atoms with Crippen molar-refractivity contribution in [1.82, 2.24) is 5.32 Å². The van der Waals surface area contributed by atoms with Crippen molar-refractivity contribution < 1.29 is 19.2 Å². The summed E-state index contributed by atoms with van der Waals surface area (Å²) in [6.07, 6.45) is -0.572. The Morgan fingerprint density at radius 1 is 1.29 bits per heavy atom. The number of carbonyl (C=O) groups is 2. The first kappa shape index (κ1) is 19.3. The van der Waals surface area contributed by atoms with Gasteiger partial charge in [0.1, 0.15) is 11.4 Å². The Hall–Kier alpha value is -1.66. The number of hydrogen-bond donors (Lipinski definition) is 1. The summed E-state index contributed by atoms with van der Waals surface area (Å²) in [5.41, 5.74) is -0.648. The Kier molecular flexibility index (Phi) is 7.32. The molecule has 0 spiro atoms. The van der Waals surface area contributed by atoms with Crippen LogP contribution in [0.25, 0.3) is 0 Å². The number of alkyl carbamates (subject to hydrolysis) is 1. The molecule has 0 heterocycles. The third-order valence-electron chi connectivity index (χ3n) is 2.84. The lowest BCUT2D eigenvalue weighted by Crippen LogP contribution is -2.48. The zero-order chi connectivity index (χ0) is 16.8. The molecule has 0 radical (unpaired) electrons. The summed E-state index contributed by atoms with van der Waals surface area (Å²) >= 11 is 0. The molecule has 7 heteroatoms. The molecule has 21 heavy (non-hydrogen) atoms. The van der Waals surface area contributed by atoms with E-state index in [0.717, 1.165) is 0 Å². The van der Waals surface area contributed by atoms with Gasteiger partial charge in [0.15, 0.2) is 0 Å². The fraction of sp³-hybridized carbons (Fsp3) is 0.857. The van der Waals surface area contributed by atoms with Crippen LogP contribution in [0.1, 0.15) is 48.0 Å². The van der Waals surface area contributed by atoms with Gasteiger partial charge in [0.25, 0.3) is 0 Å². The quantitative estimate of drug-likeness (QED) is 0.575. The van der Waals surface area contributed by atoms with Crippen molar-refractivity contribution in [2.24, 2.45) is 11.8 Å². The van der Waals surface area contributed by atoms with Crippen molar-refractivity contribution in [3.63, 3.8) is 0 Å². The molecule has 0 bridgehead atoms. The van der Waals surface area contributed by atoms with Crippen LogP contribution in [0.15, 0.2) is 0 Å². The first-order chi connectivity index (χ1) is 9.42. The number of amides is 1.